The molecule has 0 atom stereocenters. The molecule has 0 amide bonds. The Morgan fingerprint density at radius 1 is 1.10 bits per heavy atom. The van der Waals surface area contributed by atoms with E-state index in [1.165, 1.54) is 6.92 Å². The fourth-order valence-corrected chi connectivity index (χ4v) is 1.52. The van der Waals surface area contributed by atoms with Crippen molar-refractivity contribution in [2.75, 3.05) is 0 Å². The largest absolute Gasteiger partial charge is 0.430 e. The Hall–Kier alpha value is -1.77. The molecule has 0 fully saturated rings. The number of esters is 1. The molecule has 0 aromatic heterocycles. The molecule has 0 radical (unpaired) electrons. The molecule has 1 rings (SSSR count). The molecule has 1 aromatic rings. The number of hydrogen-bond acceptors (Lipinski definition) is 3. The second-order valence-electron chi connectivity index (χ2n) is 4.03. The maximum Gasteiger partial charge on any atom is 0.430 e. The Bertz CT molecular complexity index is 506. The lowest BCUT2D eigenvalue weighted by Gasteiger charge is -2.33. The van der Waals surface area contributed by atoms with Crippen LogP contribution in [0.15, 0.2) is 24.3 Å². The molecule has 0 heterocycles. The maximum absolute atomic E-state index is 12.8. The number of ether oxygens (including phenoxy) is 1. The fourth-order valence-electron chi connectivity index (χ4n) is 1.52. The molecule has 3 nitrogen and oxygen atoms in total. The average Bonchev–Trinajstić information content (AvgIpc) is 2.35. The maximum atomic E-state index is 12.8. The Balaban J connectivity index is 3.51. The molecule has 0 unspecified atom stereocenters. The number of para-hydroxylation sites is 1. The molecule has 0 aliphatic rings. The van der Waals surface area contributed by atoms with E-state index < -0.39 is 35.2 Å². The van der Waals surface area contributed by atoms with Crippen molar-refractivity contribution in [3.8, 4) is 5.75 Å². The highest BCUT2D eigenvalue weighted by Gasteiger charge is 2.72. The van der Waals surface area contributed by atoms with Crippen LogP contribution < -0.4 is 4.74 Å². The normalized spacial score (nSPS) is 13.1. The SMILES string of the molecule is CCC(=O)Oc1ccccc1C(O)(C(F)(F)F)C(F)(F)F. The first-order chi connectivity index (χ1) is 9.45. The van der Waals surface area contributed by atoms with Crippen molar-refractivity contribution in [2.24, 2.45) is 0 Å². The van der Waals surface area contributed by atoms with Gasteiger partial charge in [0.25, 0.3) is 5.60 Å². The van der Waals surface area contributed by atoms with Gasteiger partial charge in [-0.3, -0.25) is 4.79 Å². The summed E-state index contributed by atoms with van der Waals surface area (Å²) in [6.07, 6.45) is -12.3. The molecule has 0 bridgehead atoms. The highest BCUT2D eigenvalue weighted by molar-refractivity contribution is 5.72. The number of carbonyl (C=O) groups is 1. The summed E-state index contributed by atoms with van der Waals surface area (Å²) in [5.74, 6) is -2.03. The van der Waals surface area contributed by atoms with Gasteiger partial charge in [-0.15, -0.1) is 0 Å². The van der Waals surface area contributed by atoms with Crippen molar-refractivity contribution in [3.05, 3.63) is 29.8 Å². The minimum absolute atomic E-state index is 0.259. The zero-order chi connectivity index (χ0) is 16.5. The van der Waals surface area contributed by atoms with Crippen LogP contribution in [0.2, 0.25) is 0 Å². The van der Waals surface area contributed by atoms with Crippen LogP contribution in [0.25, 0.3) is 0 Å². The van der Waals surface area contributed by atoms with E-state index in [0.29, 0.717) is 6.07 Å². The molecule has 118 valence electrons. The van der Waals surface area contributed by atoms with Crippen molar-refractivity contribution < 1.29 is 41.0 Å². The quantitative estimate of drug-likeness (QED) is 0.529. The second-order valence-corrected chi connectivity index (χ2v) is 4.03. The van der Waals surface area contributed by atoms with Gasteiger partial charge in [-0.1, -0.05) is 25.1 Å². The highest BCUT2D eigenvalue weighted by atomic mass is 19.4. The summed E-state index contributed by atoms with van der Waals surface area (Å²) in [5.41, 5.74) is -6.73. The van der Waals surface area contributed by atoms with Gasteiger partial charge in [0.05, 0.1) is 0 Å². The summed E-state index contributed by atoms with van der Waals surface area (Å²) in [6.45, 7) is 1.31. The lowest BCUT2D eigenvalue weighted by molar-refractivity contribution is -0.376. The number of carbonyl (C=O) groups excluding carboxylic acids is 1. The predicted octanol–water partition coefficient (Wildman–Crippen LogP) is 3.31. The molecule has 1 N–H and O–H groups in total. The first-order valence-electron chi connectivity index (χ1n) is 5.61. The van der Waals surface area contributed by atoms with Gasteiger partial charge >= 0.3 is 18.3 Å². The van der Waals surface area contributed by atoms with Gasteiger partial charge in [-0.05, 0) is 6.07 Å². The number of aliphatic hydroxyl groups is 1. The summed E-state index contributed by atoms with van der Waals surface area (Å²) >= 11 is 0. The number of alkyl halides is 6. The number of benzene rings is 1. The summed E-state index contributed by atoms with van der Waals surface area (Å²) in [5, 5.41) is 9.28. The molecule has 0 saturated heterocycles. The van der Waals surface area contributed by atoms with Gasteiger partial charge in [-0.2, -0.15) is 26.3 Å². The summed E-state index contributed by atoms with van der Waals surface area (Å²) in [7, 11) is 0. The van der Waals surface area contributed by atoms with Crippen molar-refractivity contribution in [1.82, 2.24) is 0 Å². The number of hydrogen-bond donors (Lipinski definition) is 1. The van der Waals surface area contributed by atoms with Crippen LogP contribution in [0.1, 0.15) is 18.9 Å². The molecular formula is C12H10F6O3. The predicted molar refractivity (Wildman–Crippen MR) is 58.4 cm³/mol. The van der Waals surface area contributed by atoms with Gasteiger partial charge in [-0.25, -0.2) is 0 Å². The molecule has 0 spiro atoms. The van der Waals surface area contributed by atoms with Crippen LogP contribution in [0.5, 0.6) is 5.75 Å². The number of rotatable bonds is 3. The van der Waals surface area contributed by atoms with E-state index in [-0.39, 0.29) is 6.42 Å². The van der Waals surface area contributed by atoms with Gasteiger partial charge in [0.2, 0.25) is 0 Å². The third kappa shape index (κ3) is 3.12. The van der Waals surface area contributed by atoms with Gasteiger partial charge < -0.3 is 9.84 Å². The zero-order valence-corrected chi connectivity index (χ0v) is 10.5. The Labute approximate surface area is 115 Å². The molecule has 1 aromatic carbocycles. The van der Waals surface area contributed by atoms with Crippen LogP contribution in [0.4, 0.5) is 26.3 Å². The average molecular weight is 316 g/mol. The minimum atomic E-state index is -6.04. The monoisotopic (exact) mass is 316 g/mol. The van der Waals surface area contributed by atoms with E-state index >= 15 is 0 Å². The topological polar surface area (TPSA) is 46.5 Å². The molecule has 0 aliphatic heterocycles. The van der Waals surface area contributed by atoms with Gasteiger partial charge in [0, 0.05) is 12.0 Å². The van der Waals surface area contributed by atoms with E-state index in [4.69, 9.17) is 0 Å². The molecular weight excluding hydrogens is 306 g/mol. The summed E-state index contributed by atoms with van der Waals surface area (Å²) < 4.78 is 81.1. The second kappa shape index (κ2) is 5.55. The third-order valence-electron chi connectivity index (χ3n) is 2.61. The lowest BCUT2D eigenvalue weighted by Crippen LogP contribution is -2.54. The van der Waals surface area contributed by atoms with E-state index in [2.05, 4.69) is 4.74 Å². The smallest absolute Gasteiger partial charge is 0.426 e. The molecule has 0 aliphatic carbocycles. The van der Waals surface area contributed by atoms with Crippen LogP contribution in [0, 0.1) is 0 Å². The van der Waals surface area contributed by atoms with Gasteiger partial charge in [0.1, 0.15) is 5.75 Å². The first kappa shape index (κ1) is 17.3. The Kier molecular flexibility index (Phi) is 4.57. The zero-order valence-electron chi connectivity index (χ0n) is 10.5. The van der Waals surface area contributed by atoms with Crippen LogP contribution in [-0.4, -0.2) is 23.4 Å². The highest BCUT2D eigenvalue weighted by Crippen LogP contribution is 2.52. The molecule has 9 heteroatoms. The minimum Gasteiger partial charge on any atom is -0.426 e. The Morgan fingerprint density at radius 2 is 1.57 bits per heavy atom. The summed E-state index contributed by atoms with van der Waals surface area (Å²) in [4.78, 5) is 11.1. The van der Waals surface area contributed by atoms with E-state index in [1.54, 1.807) is 0 Å². The Morgan fingerprint density at radius 3 is 2.00 bits per heavy atom. The molecule has 0 saturated carbocycles. The van der Waals surface area contributed by atoms with Crippen LogP contribution in [0.3, 0.4) is 0 Å². The standard InChI is InChI=1S/C12H10F6O3/c1-2-9(19)21-8-6-4-3-5-7(8)10(20,11(13,14)15)12(16,17)18/h3-6,20H,2H2,1H3. The number of halogens is 6. The first-order valence-corrected chi connectivity index (χ1v) is 5.61. The van der Waals surface area contributed by atoms with E-state index in [0.717, 1.165) is 18.2 Å². The van der Waals surface area contributed by atoms with Crippen molar-refractivity contribution in [2.45, 2.75) is 31.3 Å². The van der Waals surface area contributed by atoms with Crippen molar-refractivity contribution in [3.63, 3.8) is 0 Å². The fraction of sp³-hybridized carbons (Fsp3) is 0.417. The molecule has 21 heavy (non-hydrogen) atoms. The van der Waals surface area contributed by atoms with Crippen LogP contribution >= 0.6 is 0 Å². The van der Waals surface area contributed by atoms with Crippen molar-refractivity contribution >= 4 is 5.97 Å². The van der Waals surface area contributed by atoms with Crippen molar-refractivity contribution in [1.29, 1.82) is 0 Å². The lowest BCUT2D eigenvalue weighted by atomic mass is 9.91. The van der Waals surface area contributed by atoms with E-state index in [1.807, 2.05) is 0 Å². The van der Waals surface area contributed by atoms with E-state index in [9.17, 15) is 36.2 Å². The van der Waals surface area contributed by atoms with Crippen LogP contribution in [-0.2, 0) is 10.4 Å². The summed E-state index contributed by atoms with van der Waals surface area (Å²) in [6, 6.07) is 3.08. The third-order valence-corrected chi connectivity index (χ3v) is 2.61. The van der Waals surface area contributed by atoms with Gasteiger partial charge in [0.15, 0.2) is 0 Å².